The summed E-state index contributed by atoms with van der Waals surface area (Å²) in [6.45, 7) is 8.09. The summed E-state index contributed by atoms with van der Waals surface area (Å²) >= 11 is 0. The van der Waals surface area contributed by atoms with E-state index < -0.39 is 17.7 Å². The summed E-state index contributed by atoms with van der Waals surface area (Å²) in [4.78, 5) is 45.3. The average molecular weight is 544 g/mol. The molecule has 1 atom stereocenters. The predicted molar refractivity (Wildman–Crippen MR) is 152 cm³/mol. The minimum atomic E-state index is -0.637. The molecule has 210 valence electrons. The lowest BCUT2D eigenvalue weighted by molar-refractivity contribution is -0.117. The third-order valence-electron chi connectivity index (χ3n) is 7.58. The normalized spacial score (nSPS) is 19.2. The van der Waals surface area contributed by atoms with Crippen LogP contribution in [0.25, 0.3) is 0 Å². The lowest BCUT2D eigenvalue weighted by Gasteiger charge is -2.42. The van der Waals surface area contributed by atoms with E-state index in [1.165, 1.54) is 0 Å². The Bertz CT molecular complexity index is 1330. The van der Waals surface area contributed by atoms with E-state index in [9.17, 15) is 19.6 Å². The highest BCUT2D eigenvalue weighted by molar-refractivity contribution is 6.02. The first-order valence-electron chi connectivity index (χ1n) is 14.1. The smallest absolute Gasteiger partial charge is 0.410 e. The molecule has 0 unspecified atom stereocenters. The lowest BCUT2D eigenvalue weighted by atomic mass is 9.98. The number of rotatable bonds is 5. The Kier molecular flexibility index (Phi) is 7.70. The number of hydrogen-bond acceptors (Lipinski definition) is 6. The fraction of sp³-hybridized carbons (Fsp3) is 0.484. The Balaban J connectivity index is 1.47. The number of ether oxygens (including phenoxy) is 1. The number of anilines is 2. The van der Waals surface area contributed by atoms with Gasteiger partial charge in [-0.15, -0.1) is 0 Å². The number of nitrogens with one attached hydrogen (secondary N) is 1. The first-order valence-corrected chi connectivity index (χ1v) is 14.1. The second kappa shape index (κ2) is 11.2. The average Bonchev–Trinajstić information content (AvgIpc) is 3.65. The van der Waals surface area contributed by atoms with Gasteiger partial charge in [0.15, 0.2) is 0 Å². The minimum absolute atomic E-state index is 0.0298. The Labute approximate surface area is 235 Å². The van der Waals surface area contributed by atoms with Crippen molar-refractivity contribution in [3.8, 4) is 6.07 Å². The monoisotopic (exact) mass is 543 g/mol. The molecule has 1 saturated carbocycles. The number of benzene rings is 2. The summed E-state index contributed by atoms with van der Waals surface area (Å²) in [5.74, 6) is -0.0249. The van der Waals surface area contributed by atoms with Crippen LogP contribution in [0.4, 0.5) is 16.2 Å². The van der Waals surface area contributed by atoms with E-state index in [1.54, 1.807) is 34.1 Å². The molecule has 1 aliphatic carbocycles. The second-order valence-electron chi connectivity index (χ2n) is 11.9. The quantitative estimate of drug-likeness (QED) is 0.573. The van der Waals surface area contributed by atoms with Crippen molar-refractivity contribution in [3.05, 3.63) is 59.2 Å². The van der Waals surface area contributed by atoms with Crippen LogP contribution in [0.15, 0.2) is 42.5 Å². The number of hydrogen-bond donors (Lipinski definition) is 1. The summed E-state index contributed by atoms with van der Waals surface area (Å²) in [7, 11) is 0. The van der Waals surface area contributed by atoms with Gasteiger partial charge in [-0.3, -0.25) is 9.59 Å². The molecular weight excluding hydrogens is 506 g/mol. The van der Waals surface area contributed by atoms with Gasteiger partial charge < -0.3 is 24.8 Å². The van der Waals surface area contributed by atoms with Gasteiger partial charge in [-0.2, -0.15) is 5.26 Å². The SMILES string of the molecule is CC(C)(C)OC(=O)N1CCN(C(=O)c2ccc(NC(=O)C3CC3)cc2N2CCCC2)[C@@H](c2cccc(C#N)c2)C1. The van der Waals surface area contributed by atoms with Crippen LogP contribution in [0.2, 0.25) is 0 Å². The van der Waals surface area contributed by atoms with Crippen LogP contribution >= 0.6 is 0 Å². The minimum Gasteiger partial charge on any atom is -0.444 e. The predicted octanol–water partition coefficient (Wildman–Crippen LogP) is 4.94. The van der Waals surface area contributed by atoms with Crippen LogP contribution in [-0.2, 0) is 9.53 Å². The van der Waals surface area contributed by atoms with Gasteiger partial charge in [0.05, 0.1) is 28.9 Å². The fourth-order valence-corrected chi connectivity index (χ4v) is 5.37. The molecule has 3 aliphatic rings. The summed E-state index contributed by atoms with van der Waals surface area (Å²) in [6.07, 6.45) is 3.51. The number of piperazine rings is 1. The highest BCUT2D eigenvalue weighted by atomic mass is 16.6. The van der Waals surface area contributed by atoms with Crippen molar-refractivity contribution in [2.24, 2.45) is 5.92 Å². The zero-order valence-corrected chi connectivity index (χ0v) is 23.5. The van der Waals surface area contributed by atoms with Crippen molar-refractivity contribution in [2.75, 3.05) is 42.9 Å². The molecule has 40 heavy (non-hydrogen) atoms. The molecule has 5 rings (SSSR count). The first kappa shape index (κ1) is 27.5. The molecule has 1 N–H and O–H groups in total. The molecule has 0 spiro atoms. The molecule has 2 aliphatic heterocycles. The van der Waals surface area contributed by atoms with Gasteiger partial charge in [-0.25, -0.2) is 4.79 Å². The maximum absolute atomic E-state index is 14.3. The highest BCUT2D eigenvalue weighted by Crippen LogP contribution is 2.35. The Morgan fingerprint density at radius 1 is 1.00 bits per heavy atom. The van der Waals surface area contributed by atoms with Crippen LogP contribution in [0.3, 0.4) is 0 Å². The molecule has 0 radical (unpaired) electrons. The number of amides is 3. The van der Waals surface area contributed by atoms with Crippen molar-refractivity contribution in [1.29, 1.82) is 5.26 Å². The topological polar surface area (TPSA) is 106 Å². The number of carbonyl (C=O) groups excluding carboxylic acids is 3. The third-order valence-corrected chi connectivity index (χ3v) is 7.58. The zero-order chi connectivity index (χ0) is 28.4. The molecule has 2 aromatic rings. The molecule has 3 amide bonds. The van der Waals surface area contributed by atoms with Gasteiger partial charge in [0, 0.05) is 44.3 Å². The van der Waals surface area contributed by atoms with E-state index in [2.05, 4.69) is 16.3 Å². The number of nitrogens with zero attached hydrogens (tertiary/aromatic N) is 4. The molecule has 0 aromatic heterocycles. The molecule has 3 fully saturated rings. The van der Waals surface area contributed by atoms with E-state index in [1.807, 2.05) is 39.0 Å². The van der Waals surface area contributed by atoms with Gasteiger partial charge in [0.2, 0.25) is 5.91 Å². The van der Waals surface area contributed by atoms with Gasteiger partial charge in [0.25, 0.3) is 5.91 Å². The summed E-state index contributed by atoms with van der Waals surface area (Å²) in [6, 6.07) is 14.4. The molecule has 9 heteroatoms. The van der Waals surface area contributed by atoms with Crippen LogP contribution < -0.4 is 10.2 Å². The zero-order valence-electron chi connectivity index (χ0n) is 23.5. The standard InChI is InChI=1S/C31H37N5O4/c1-31(2,3)40-30(39)35-15-16-36(27(20-35)23-8-6-7-21(17-23)19-32)29(38)25-12-11-24(33-28(37)22-9-10-22)18-26(25)34-13-4-5-14-34/h6-8,11-12,17-18,22,27H,4-5,9-10,13-16,20H2,1-3H3,(H,33,37)/t27-/m1/s1. The molecular formula is C31H37N5O4. The van der Waals surface area contributed by atoms with Crippen LogP contribution in [0, 0.1) is 17.2 Å². The number of nitriles is 1. The molecule has 9 nitrogen and oxygen atoms in total. The Morgan fingerprint density at radius 3 is 2.42 bits per heavy atom. The van der Waals surface area contributed by atoms with Gasteiger partial charge >= 0.3 is 6.09 Å². The Hall–Kier alpha value is -4.06. The molecule has 2 aromatic carbocycles. The van der Waals surface area contributed by atoms with Crippen molar-refractivity contribution < 1.29 is 19.1 Å². The Morgan fingerprint density at radius 2 is 1.75 bits per heavy atom. The molecule has 2 heterocycles. The van der Waals surface area contributed by atoms with Gasteiger partial charge in [-0.05, 0) is 82.3 Å². The van der Waals surface area contributed by atoms with Crippen LogP contribution in [0.1, 0.15) is 74.0 Å². The van der Waals surface area contributed by atoms with Crippen molar-refractivity contribution in [1.82, 2.24) is 9.80 Å². The number of carbonyl (C=O) groups is 3. The maximum atomic E-state index is 14.3. The lowest BCUT2D eigenvalue weighted by Crippen LogP contribution is -2.53. The summed E-state index contributed by atoms with van der Waals surface area (Å²) in [5.41, 5.74) is 2.73. The van der Waals surface area contributed by atoms with Gasteiger partial charge in [-0.1, -0.05) is 12.1 Å². The maximum Gasteiger partial charge on any atom is 0.410 e. The summed E-state index contributed by atoms with van der Waals surface area (Å²) < 4.78 is 5.63. The molecule has 2 saturated heterocycles. The van der Waals surface area contributed by atoms with E-state index in [0.717, 1.165) is 50.0 Å². The van der Waals surface area contributed by atoms with E-state index in [-0.39, 0.29) is 24.3 Å². The van der Waals surface area contributed by atoms with Gasteiger partial charge in [0.1, 0.15) is 5.60 Å². The largest absolute Gasteiger partial charge is 0.444 e. The highest BCUT2D eigenvalue weighted by Gasteiger charge is 2.37. The summed E-state index contributed by atoms with van der Waals surface area (Å²) in [5, 5.41) is 12.5. The third kappa shape index (κ3) is 6.22. The van der Waals surface area contributed by atoms with E-state index in [4.69, 9.17) is 4.74 Å². The van der Waals surface area contributed by atoms with E-state index in [0.29, 0.717) is 29.9 Å². The van der Waals surface area contributed by atoms with Crippen molar-refractivity contribution in [3.63, 3.8) is 0 Å². The van der Waals surface area contributed by atoms with E-state index >= 15 is 0 Å². The fourth-order valence-electron chi connectivity index (χ4n) is 5.37. The molecule has 0 bridgehead atoms. The van der Waals surface area contributed by atoms with Crippen LogP contribution in [0.5, 0.6) is 0 Å². The second-order valence-corrected chi connectivity index (χ2v) is 11.9. The van der Waals surface area contributed by atoms with Crippen molar-refractivity contribution in [2.45, 2.75) is 58.1 Å². The van der Waals surface area contributed by atoms with Crippen LogP contribution in [-0.4, -0.2) is 66.0 Å². The van der Waals surface area contributed by atoms with Crippen molar-refractivity contribution >= 4 is 29.3 Å². The first-order chi connectivity index (χ1) is 19.1.